The van der Waals surface area contributed by atoms with Crippen molar-refractivity contribution in [2.75, 3.05) is 17.9 Å². The third kappa shape index (κ3) is 3.47. The molecule has 0 radical (unpaired) electrons. The number of nitrogens with zero attached hydrogens (tertiary/aromatic N) is 1. The number of carbonyl (C=O) groups excluding carboxylic acids is 1. The summed E-state index contributed by atoms with van der Waals surface area (Å²) in [7, 11) is 1.67. The monoisotopic (exact) mass is 269 g/mol. The number of amides is 1. The average Bonchev–Trinajstić information content (AvgIpc) is 2.37. The second-order valence-corrected chi connectivity index (χ2v) is 4.73. The lowest BCUT2D eigenvalue weighted by Gasteiger charge is -2.27. The van der Waals surface area contributed by atoms with E-state index >= 15 is 0 Å². The van der Waals surface area contributed by atoms with Crippen molar-refractivity contribution >= 4 is 23.2 Å². The van der Waals surface area contributed by atoms with Crippen LogP contribution in [-0.2, 0) is 9.53 Å². The topological polar surface area (TPSA) is 29.5 Å². The highest BCUT2D eigenvalue weighted by molar-refractivity contribution is 6.29. The Morgan fingerprint density at radius 2 is 2.06 bits per heavy atom. The van der Waals surface area contributed by atoms with E-state index in [-0.39, 0.29) is 23.9 Å². The lowest BCUT2D eigenvalue weighted by molar-refractivity contribution is -0.116. The van der Waals surface area contributed by atoms with Gasteiger partial charge in [-0.3, -0.25) is 4.79 Å². The molecule has 0 saturated carbocycles. The van der Waals surface area contributed by atoms with Crippen LogP contribution in [0.2, 0.25) is 0 Å². The molecule has 0 aromatic heterocycles. The minimum absolute atomic E-state index is 0.00469. The van der Waals surface area contributed by atoms with Crippen LogP contribution in [0.5, 0.6) is 0 Å². The average molecular weight is 270 g/mol. The lowest BCUT2D eigenvalue weighted by atomic mass is 10.1. The van der Waals surface area contributed by atoms with Crippen LogP contribution in [0.25, 0.3) is 0 Å². The van der Waals surface area contributed by atoms with Crippen LogP contribution >= 0.6 is 11.6 Å². The van der Waals surface area contributed by atoms with Crippen molar-refractivity contribution in [3.05, 3.63) is 29.8 Å². The SMILES string of the molecule is COC(C)c1cccc(N(C(=O)CCl)C(C)C)c1. The summed E-state index contributed by atoms with van der Waals surface area (Å²) in [6.45, 7) is 5.91. The number of methoxy groups -OCH3 is 1. The van der Waals surface area contributed by atoms with Crippen molar-refractivity contribution in [2.45, 2.75) is 32.9 Å². The van der Waals surface area contributed by atoms with Crippen LogP contribution in [0.4, 0.5) is 5.69 Å². The number of carbonyl (C=O) groups is 1. The summed E-state index contributed by atoms with van der Waals surface area (Å²) >= 11 is 5.65. The first-order valence-corrected chi connectivity index (χ1v) is 6.55. The molecule has 1 aromatic carbocycles. The molecule has 0 aliphatic carbocycles. The van der Waals surface area contributed by atoms with Crippen LogP contribution < -0.4 is 4.90 Å². The Labute approximate surface area is 114 Å². The molecule has 18 heavy (non-hydrogen) atoms. The smallest absolute Gasteiger partial charge is 0.242 e. The molecule has 0 aliphatic rings. The minimum atomic E-state index is -0.0890. The Balaban J connectivity index is 3.09. The Hall–Kier alpha value is -1.06. The largest absolute Gasteiger partial charge is 0.377 e. The van der Waals surface area contributed by atoms with Gasteiger partial charge in [-0.2, -0.15) is 0 Å². The zero-order chi connectivity index (χ0) is 13.7. The van der Waals surface area contributed by atoms with E-state index in [4.69, 9.17) is 16.3 Å². The number of hydrogen-bond donors (Lipinski definition) is 0. The highest BCUT2D eigenvalue weighted by atomic mass is 35.5. The lowest BCUT2D eigenvalue weighted by Crippen LogP contribution is -2.37. The van der Waals surface area contributed by atoms with Gasteiger partial charge in [0.2, 0.25) is 5.91 Å². The molecular formula is C14H20ClNO2. The molecule has 1 unspecified atom stereocenters. The van der Waals surface area contributed by atoms with E-state index in [1.807, 2.05) is 45.0 Å². The highest BCUT2D eigenvalue weighted by Crippen LogP contribution is 2.24. The predicted octanol–water partition coefficient (Wildman–Crippen LogP) is 3.37. The fourth-order valence-corrected chi connectivity index (χ4v) is 1.99. The molecule has 0 aliphatic heterocycles. The number of halogens is 1. The van der Waals surface area contributed by atoms with Crippen LogP contribution in [0.3, 0.4) is 0 Å². The van der Waals surface area contributed by atoms with Crippen molar-refractivity contribution in [1.29, 1.82) is 0 Å². The molecule has 0 heterocycles. The summed E-state index contributed by atoms with van der Waals surface area (Å²) in [6, 6.07) is 7.87. The number of ether oxygens (including phenoxy) is 1. The van der Waals surface area contributed by atoms with E-state index in [1.54, 1.807) is 12.0 Å². The van der Waals surface area contributed by atoms with Gasteiger partial charge in [0.15, 0.2) is 0 Å². The molecule has 0 bridgehead atoms. The highest BCUT2D eigenvalue weighted by Gasteiger charge is 2.18. The summed E-state index contributed by atoms with van der Waals surface area (Å²) in [4.78, 5) is 13.6. The number of hydrogen-bond acceptors (Lipinski definition) is 2. The molecule has 1 rings (SSSR count). The number of benzene rings is 1. The van der Waals surface area contributed by atoms with E-state index in [0.717, 1.165) is 11.3 Å². The van der Waals surface area contributed by atoms with Crippen molar-refractivity contribution in [2.24, 2.45) is 0 Å². The fraction of sp³-hybridized carbons (Fsp3) is 0.500. The van der Waals surface area contributed by atoms with Crippen LogP contribution in [-0.4, -0.2) is 24.9 Å². The summed E-state index contributed by atoms with van der Waals surface area (Å²) in [5.41, 5.74) is 1.90. The van der Waals surface area contributed by atoms with Crippen LogP contribution in [0.15, 0.2) is 24.3 Å². The third-order valence-electron chi connectivity index (χ3n) is 2.87. The summed E-state index contributed by atoms with van der Waals surface area (Å²) in [5.74, 6) is -0.101. The molecule has 1 atom stereocenters. The molecule has 4 heteroatoms. The molecular weight excluding hydrogens is 250 g/mol. The van der Waals surface area contributed by atoms with Gasteiger partial charge in [-0.25, -0.2) is 0 Å². The van der Waals surface area contributed by atoms with Crippen LogP contribution in [0.1, 0.15) is 32.4 Å². The van der Waals surface area contributed by atoms with Gasteiger partial charge in [-0.1, -0.05) is 12.1 Å². The Morgan fingerprint density at radius 1 is 1.39 bits per heavy atom. The van der Waals surface area contributed by atoms with E-state index in [9.17, 15) is 4.79 Å². The third-order valence-corrected chi connectivity index (χ3v) is 3.10. The van der Waals surface area contributed by atoms with Gasteiger partial charge < -0.3 is 9.64 Å². The van der Waals surface area contributed by atoms with Gasteiger partial charge in [0.1, 0.15) is 5.88 Å². The number of rotatable bonds is 5. The number of anilines is 1. The summed E-state index contributed by atoms with van der Waals surface area (Å²) in [5, 5.41) is 0. The Morgan fingerprint density at radius 3 is 2.56 bits per heavy atom. The van der Waals surface area contributed by atoms with E-state index in [2.05, 4.69) is 0 Å². The molecule has 1 aromatic rings. The summed E-state index contributed by atoms with van der Waals surface area (Å²) < 4.78 is 5.29. The normalized spacial score (nSPS) is 12.6. The van der Waals surface area contributed by atoms with Gasteiger partial charge in [0.25, 0.3) is 0 Å². The maximum absolute atomic E-state index is 11.9. The van der Waals surface area contributed by atoms with Gasteiger partial charge in [-0.15, -0.1) is 11.6 Å². The molecule has 0 fully saturated rings. The van der Waals surface area contributed by atoms with Gasteiger partial charge in [0.05, 0.1) is 6.10 Å². The second-order valence-electron chi connectivity index (χ2n) is 4.46. The Bertz CT molecular complexity index is 407. The quantitative estimate of drug-likeness (QED) is 0.767. The first-order valence-electron chi connectivity index (χ1n) is 6.02. The second kappa shape index (κ2) is 6.76. The molecule has 0 N–H and O–H groups in total. The maximum Gasteiger partial charge on any atom is 0.242 e. The first-order chi connectivity index (χ1) is 8.51. The maximum atomic E-state index is 11.9. The molecule has 3 nitrogen and oxygen atoms in total. The zero-order valence-corrected chi connectivity index (χ0v) is 12.1. The standard InChI is InChI=1S/C14H20ClNO2/c1-10(2)16(14(17)9-15)13-7-5-6-12(8-13)11(3)18-4/h5-8,10-11H,9H2,1-4H3. The van der Waals surface area contributed by atoms with Crippen LogP contribution in [0, 0.1) is 0 Å². The fourth-order valence-electron chi connectivity index (χ4n) is 1.86. The van der Waals surface area contributed by atoms with Gasteiger partial charge in [-0.05, 0) is 38.5 Å². The van der Waals surface area contributed by atoms with Crippen molar-refractivity contribution in [1.82, 2.24) is 0 Å². The van der Waals surface area contributed by atoms with Crippen molar-refractivity contribution < 1.29 is 9.53 Å². The molecule has 0 saturated heterocycles. The minimum Gasteiger partial charge on any atom is -0.377 e. The molecule has 0 spiro atoms. The predicted molar refractivity (Wildman–Crippen MR) is 75.2 cm³/mol. The molecule has 1 amide bonds. The van der Waals surface area contributed by atoms with E-state index < -0.39 is 0 Å². The molecule has 100 valence electrons. The number of alkyl halides is 1. The first kappa shape index (κ1) is 15.0. The van der Waals surface area contributed by atoms with Crippen molar-refractivity contribution in [3.63, 3.8) is 0 Å². The van der Waals surface area contributed by atoms with Gasteiger partial charge in [0, 0.05) is 18.8 Å². The van der Waals surface area contributed by atoms with Gasteiger partial charge >= 0.3 is 0 Å². The zero-order valence-electron chi connectivity index (χ0n) is 11.3. The van der Waals surface area contributed by atoms with E-state index in [0.29, 0.717) is 0 Å². The van der Waals surface area contributed by atoms with E-state index in [1.165, 1.54) is 0 Å². The Kier molecular flexibility index (Phi) is 5.63. The van der Waals surface area contributed by atoms with Crippen molar-refractivity contribution in [3.8, 4) is 0 Å². The summed E-state index contributed by atoms with van der Waals surface area (Å²) in [6.07, 6.45) is 0.00469.